The SMILES string of the molecule is Cn1ccc2ccnc(CC3CN(C(=O)c4cncs4)C3)c21. The topological polar surface area (TPSA) is 51.0 Å². The van der Waals surface area contributed by atoms with E-state index in [-0.39, 0.29) is 5.91 Å². The third-order valence-corrected chi connectivity index (χ3v) is 4.99. The zero-order chi connectivity index (χ0) is 15.1. The molecular weight excluding hydrogens is 296 g/mol. The first-order chi connectivity index (χ1) is 10.7. The number of pyridine rings is 1. The number of fused-ring (bicyclic) bond motifs is 1. The molecule has 0 unspecified atom stereocenters. The maximum absolute atomic E-state index is 12.2. The van der Waals surface area contributed by atoms with Crippen molar-refractivity contribution in [3.05, 3.63) is 46.8 Å². The van der Waals surface area contributed by atoms with Gasteiger partial charge in [0.25, 0.3) is 5.91 Å². The molecule has 4 heterocycles. The molecule has 0 aliphatic carbocycles. The lowest BCUT2D eigenvalue weighted by atomic mass is 9.93. The minimum atomic E-state index is 0.101. The summed E-state index contributed by atoms with van der Waals surface area (Å²) in [6.07, 6.45) is 6.50. The third kappa shape index (κ3) is 2.20. The first kappa shape index (κ1) is 13.5. The molecule has 6 heteroatoms. The molecule has 0 N–H and O–H groups in total. The molecule has 1 aliphatic rings. The number of thiazole rings is 1. The normalized spacial score (nSPS) is 15.2. The Morgan fingerprint density at radius 2 is 2.27 bits per heavy atom. The Morgan fingerprint density at radius 3 is 3.05 bits per heavy atom. The van der Waals surface area contributed by atoms with Gasteiger partial charge in [0.1, 0.15) is 4.88 Å². The van der Waals surface area contributed by atoms with Crippen LogP contribution in [0.25, 0.3) is 10.9 Å². The minimum absolute atomic E-state index is 0.101. The van der Waals surface area contributed by atoms with Crippen molar-refractivity contribution in [1.29, 1.82) is 0 Å². The van der Waals surface area contributed by atoms with Gasteiger partial charge < -0.3 is 9.47 Å². The molecule has 1 saturated heterocycles. The van der Waals surface area contributed by atoms with Gasteiger partial charge in [-0.1, -0.05) is 0 Å². The van der Waals surface area contributed by atoms with Gasteiger partial charge in [-0.15, -0.1) is 11.3 Å². The van der Waals surface area contributed by atoms with E-state index in [4.69, 9.17) is 0 Å². The Labute approximate surface area is 132 Å². The number of carbonyl (C=O) groups is 1. The van der Waals surface area contributed by atoms with Crippen LogP contribution in [0.5, 0.6) is 0 Å². The second-order valence-corrected chi connectivity index (χ2v) is 6.65. The second kappa shape index (κ2) is 5.21. The molecule has 0 radical (unpaired) electrons. The molecule has 0 spiro atoms. The summed E-state index contributed by atoms with van der Waals surface area (Å²) < 4.78 is 2.12. The van der Waals surface area contributed by atoms with Crippen LogP contribution >= 0.6 is 11.3 Å². The fourth-order valence-electron chi connectivity index (χ4n) is 3.09. The zero-order valence-corrected chi connectivity index (χ0v) is 13.1. The van der Waals surface area contributed by atoms with Crippen molar-refractivity contribution in [2.75, 3.05) is 13.1 Å². The van der Waals surface area contributed by atoms with Crippen molar-refractivity contribution >= 4 is 28.1 Å². The Kier molecular flexibility index (Phi) is 3.18. The van der Waals surface area contributed by atoms with E-state index in [0.29, 0.717) is 5.92 Å². The monoisotopic (exact) mass is 312 g/mol. The largest absolute Gasteiger partial charge is 0.349 e. The second-order valence-electron chi connectivity index (χ2n) is 5.77. The Balaban J connectivity index is 1.45. The lowest BCUT2D eigenvalue weighted by Gasteiger charge is -2.39. The highest BCUT2D eigenvalue weighted by Gasteiger charge is 2.32. The van der Waals surface area contributed by atoms with Crippen molar-refractivity contribution in [2.24, 2.45) is 13.0 Å². The number of amides is 1. The Morgan fingerprint density at radius 1 is 1.41 bits per heavy atom. The summed E-state index contributed by atoms with van der Waals surface area (Å²) in [4.78, 5) is 23.3. The molecular formula is C16H16N4OS. The fourth-order valence-corrected chi connectivity index (χ4v) is 3.67. The average molecular weight is 312 g/mol. The van der Waals surface area contributed by atoms with Crippen molar-refractivity contribution in [1.82, 2.24) is 19.4 Å². The molecule has 112 valence electrons. The number of aryl methyl sites for hydroxylation is 1. The van der Waals surface area contributed by atoms with Crippen LogP contribution in [-0.4, -0.2) is 38.4 Å². The summed E-state index contributed by atoms with van der Waals surface area (Å²) in [6, 6.07) is 4.15. The number of hydrogen-bond donors (Lipinski definition) is 0. The van der Waals surface area contributed by atoms with E-state index in [1.54, 1.807) is 11.7 Å². The van der Waals surface area contributed by atoms with E-state index >= 15 is 0 Å². The first-order valence-corrected chi connectivity index (χ1v) is 8.17. The molecule has 3 aromatic heterocycles. The van der Waals surface area contributed by atoms with E-state index < -0.39 is 0 Å². The van der Waals surface area contributed by atoms with Gasteiger partial charge in [-0.25, -0.2) is 0 Å². The van der Waals surface area contributed by atoms with E-state index in [1.807, 2.05) is 24.2 Å². The lowest BCUT2D eigenvalue weighted by Crippen LogP contribution is -2.50. The number of likely N-dealkylation sites (tertiary alicyclic amines) is 1. The van der Waals surface area contributed by atoms with Crippen LogP contribution in [-0.2, 0) is 13.5 Å². The molecule has 4 rings (SSSR count). The van der Waals surface area contributed by atoms with Crippen LogP contribution in [0.2, 0.25) is 0 Å². The summed E-state index contributed by atoms with van der Waals surface area (Å²) in [7, 11) is 2.05. The number of carbonyl (C=O) groups excluding carboxylic acids is 1. The summed E-state index contributed by atoms with van der Waals surface area (Å²) >= 11 is 1.40. The van der Waals surface area contributed by atoms with Gasteiger partial charge in [0.15, 0.2) is 0 Å². The predicted molar refractivity (Wildman–Crippen MR) is 85.9 cm³/mol. The van der Waals surface area contributed by atoms with Crippen LogP contribution in [0.15, 0.2) is 36.2 Å². The molecule has 0 atom stereocenters. The molecule has 5 nitrogen and oxygen atoms in total. The van der Waals surface area contributed by atoms with Gasteiger partial charge in [0, 0.05) is 37.9 Å². The number of rotatable bonds is 3. The van der Waals surface area contributed by atoms with Gasteiger partial charge >= 0.3 is 0 Å². The quantitative estimate of drug-likeness (QED) is 0.746. The molecule has 1 aliphatic heterocycles. The van der Waals surface area contributed by atoms with Gasteiger partial charge in [-0.2, -0.15) is 0 Å². The summed E-state index contributed by atoms with van der Waals surface area (Å²) in [5.41, 5.74) is 4.03. The van der Waals surface area contributed by atoms with Crippen molar-refractivity contribution < 1.29 is 4.79 Å². The van der Waals surface area contributed by atoms with E-state index in [1.165, 1.54) is 22.2 Å². The predicted octanol–water partition coefficient (Wildman–Crippen LogP) is 2.34. The zero-order valence-electron chi connectivity index (χ0n) is 12.3. The van der Waals surface area contributed by atoms with Crippen LogP contribution in [0.1, 0.15) is 15.4 Å². The highest BCUT2D eigenvalue weighted by molar-refractivity contribution is 7.11. The van der Waals surface area contributed by atoms with E-state index in [9.17, 15) is 4.79 Å². The Bertz CT molecular complexity index is 818. The van der Waals surface area contributed by atoms with Crippen molar-refractivity contribution in [3.63, 3.8) is 0 Å². The van der Waals surface area contributed by atoms with Crippen LogP contribution in [0.4, 0.5) is 0 Å². The maximum Gasteiger partial charge on any atom is 0.265 e. The van der Waals surface area contributed by atoms with E-state index in [2.05, 4.69) is 26.8 Å². The number of aromatic nitrogens is 3. The molecule has 3 aromatic rings. The fraction of sp³-hybridized carbons (Fsp3) is 0.312. The maximum atomic E-state index is 12.2. The number of hydrogen-bond acceptors (Lipinski definition) is 4. The minimum Gasteiger partial charge on any atom is -0.349 e. The van der Waals surface area contributed by atoms with Crippen LogP contribution in [0.3, 0.4) is 0 Å². The smallest absolute Gasteiger partial charge is 0.265 e. The molecule has 1 fully saturated rings. The summed E-state index contributed by atoms with van der Waals surface area (Å²) in [6.45, 7) is 1.61. The highest BCUT2D eigenvalue weighted by atomic mass is 32.1. The number of nitrogens with zero attached hydrogens (tertiary/aromatic N) is 4. The van der Waals surface area contributed by atoms with E-state index in [0.717, 1.165) is 30.1 Å². The molecule has 22 heavy (non-hydrogen) atoms. The third-order valence-electron chi connectivity index (χ3n) is 4.23. The average Bonchev–Trinajstić information content (AvgIpc) is 3.12. The highest BCUT2D eigenvalue weighted by Crippen LogP contribution is 2.26. The summed E-state index contributed by atoms with van der Waals surface area (Å²) in [5.74, 6) is 0.591. The molecule has 0 saturated carbocycles. The standard InChI is InChI=1S/C16H16N4OS/c1-19-5-3-12-2-4-18-13(15(12)19)6-11-8-20(9-11)16(21)14-7-17-10-22-14/h2-5,7,10-11H,6,8-9H2,1H3. The van der Waals surface area contributed by atoms with Crippen molar-refractivity contribution in [3.8, 4) is 0 Å². The van der Waals surface area contributed by atoms with Gasteiger partial charge in [0.05, 0.1) is 22.9 Å². The molecule has 0 bridgehead atoms. The van der Waals surface area contributed by atoms with Gasteiger partial charge in [-0.05, 0) is 24.5 Å². The summed E-state index contributed by atoms with van der Waals surface area (Å²) in [5, 5.41) is 1.23. The van der Waals surface area contributed by atoms with Crippen molar-refractivity contribution in [2.45, 2.75) is 6.42 Å². The lowest BCUT2D eigenvalue weighted by molar-refractivity contribution is 0.0505. The van der Waals surface area contributed by atoms with Gasteiger partial charge in [-0.3, -0.25) is 14.8 Å². The molecule has 0 aromatic carbocycles. The van der Waals surface area contributed by atoms with Crippen LogP contribution < -0.4 is 0 Å². The Hall–Kier alpha value is -2.21. The molecule has 1 amide bonds. The van der Waals surface area contributed by atoms with Crippen LogP contribution in [0, 0.1) is 5.92 Å². The van der Waals surface area contributed by atoms with Gasteiger partial charge in [0.2, 0.25) is 0 Å². The first-order valence-electron chi connectivity index (χ1n) is 7.29.